The van der Waals surface area contributed by atoms with Crippen molar-refractivity contribution >= 4 is 44.1 Å². The fourth-order valence-corrected chi connectivity index (χ4v) is 2.81. The molecule has 0 bridgehead atoms. The Balaban J connectivity index is 2.29. The molecule has 0 saturated carbocycles. The average molecular weight is 377 g/mol. The van der Waals surface area contributed by atoms with Gasteiger partial charge in [0.25, 0.3) is 0 Å². The lowest BCUT2D eigenvalue weighted by atomic mass is 10.3. The molecule has 0 atom stereocenters. The van der Waals surface area contributed by atoms with Gasteiger partial charge in [-0.1, -0.05) is 15.9 Å². The zero-order chi connectivity index (χ0) is 15.6. The summed E-state index contributed by atoms with van der Waals surface area (Å²) in [6.45, 7) is 3.60. The Morgan fingerprint density at radius 2 is 2.05 bits per heavy atom. The number of anilines is 2. The van der Waals surface area contributed by atoms with E-state index in [1.807, 2.05) is 0 Å². The predicted molar refractivity (Wildman–Crippen MR) is 80.1 cm³/mol. The number of hydrogen-bond acceptors (Lipinski definition) is 5. The number of rotatable bonds is 4. The number of carbonyl (C=O) groups excluding carboxylic acids is 1. The number of aromatic nitrogens is 1. The number of carbonyl (C=O) groups is 1. The molecule has 0 radical (unpaired) electrons. The summed E-state index contributed by atoms with van der Waals surface area (Å²) >= 11 is 4.12. The summed E-state index contributed by atoms with van der Waals surface area (Å²) in [5.74, 6) is -2.07. The Morgan fingerprint density at radius 1 is 1.43 bits per heavy atom. The standard InChI is InChI=1S/C13H11BrF2N2O2S/c1-3-20-12(19)10-6(2)21-13(17-10)18-11-8(15)4-7(14)5-9(11)16/h4-5H,3H2,1-2H3,(H,17,18). The maximum atomic E-state index is 13.7. The van der Waals surface area contributed by atoms with E-state index in [1.165, 1.54) is 0 Å². The van der Waals surface area contributed by atoms with Gasteiger partial charge in [0.2, 0.25) is 0 Å². The third-order valence-corrected chi connectivity index (χ3v) is 3.85. The molecule has 0 saturated heterocycles. The van der Waals surface area contributed by atoms with Gasteiger partial charge in [-0.25, -0.2) is 18.6 Å². The van der Waals surface area contributed by atoms with E-state index >= 15 is 0 Å². The largest absolute Gasteiger partial charge is 0.461 e. The molecule has 8 heteroatoms. The molecule has 0 aliphatic rings. The number of hydrogen-bond donors (Lipinski definition) is 1. The molecule has 0 aliphatic carbocycles. The molecular formula is C13H11BrF2N2O2S. The van der Waals surface area contributed by atoms with Crippen molar-refractivity contribution in [1.82, 2.24) is 4.98 Å². The highest BCUT2D eigenvalue weighted by Gasteiger charge is 2.18. The number of halogens is 3. The summed E-state index contributed by atoms with van der Waals surface area (Å²) in [6, 6.07) is 2.27. The first kappa shape index (κ1) is 15.8. The first-order valence-electron chi connectivity index (χ1n) is 5.98. The van der Waals surface area contributed by atoms with Crippen LogP contribution in [-0.4, -0.2) is 17.6 Å². The molecule has 1 aromatic heterocycles. The smallest absolute Gasteiger partial charge is 0.358 e. The third kappa shape index (κ3) is 3.56. The molecule has 2 aromatic rings. The Hall–Kier alpha value is -1.54. The van der Waals surface area contributed by atoms with E-state index < -0.39 is 17.6 Å². The molecule has 4 nitrogen and oxygen atoms in total. The molecule has 1 N–H and O–H groups in total. The maximum Gasteiger partial charge on any atom is 0.358 e. The summed E-state index contributed by atoms with van der Waals surface area (Å²) in [4.78, 5) is 16.3. The molecule has 0 fully saturated rings. The van der Waals surface area contributed by atoms with Crippen LogP contribution in [0.4, 0.5) is 19.6 Å². The van der Waals surface area contributed by atoms with Crippen molar-refractivity contribution in [2.45, 2.75) is 13.8 Å². The summed E-state index contributed by atoms with van der Waals surface area (Å²) in [5, 5.41) is 2.77. The van der Waals surface area contributed by atoms with Gasteiger partial charge in [-0.15, -0.1) is 11.3 Å². The second kappa shape index (κ2) is 6.48. The van der Waals surface area contributed by atoms with E-state index in [-0.39, 0.29) is 23.1 Å². The lowest BCUT2D eigenvalue weighted by molar-refractivity contribution is 0.0519. The van der Waals surface area contributed by atoms with Gasteiger partial charge in [-0.3, -0.25) is 0 Å². The van der Waals surface area contributed by atoms with Gasteiger partial charge in [0.15, 0.2) is 22.5 Å². The highest BCUT2D eigenvalue weighted by Crippen LogP contribution is 2.30. The molecule has 112 valence electrons. The van der Waals surface area contributed by atoms with E-state index in [9.17, 15) is 13.6 Å². The Morgan fingerprint density at radius 3 is 2.62 bits per heavy atom. The highest BCUT2D eigenvalue weighted by molar-refractivity contribution is 9.10. The van der Waals surface area contributed by atoms with Crippen molar-refractivity contribution in [2.24, 2.45) is 0 Å². The third-order valence-electron chi connectivity index (χ3n) is 2.50. The maximum absolute atomic E-state index is 13.7. The summed E-state index contributed by atoms with van der Waals surface area (Å²) < 4.78 is 32.6. The normalized spacial score (nSPS) is 10.5. The fraction of sp³-hybridized carbons (Fsp3) is 0.231. The van der Waals surface area contributed by atoms with Crippen molar-refractivity contribution < 1.29 is 18.3 Å². The van der Waals surface area contributed by atoms with Crippen LogP contribution in [0.3, 0.4) is 0 Å². The molecule has 1 heterocycles. The van der Waals surface area contributed by atoms with Gasteiger partial charge >= 0.3 is 5.97 Å². The summed E-state index contributed by atoms with van der Waals surface area (Å²) in [5.41, 5.74) is -0.176. The zero-order valence-corrected chi connectivity index (χ0v) is 13.6. The van der Waals surface area contributed by atoms with Crippen molar-refractivity contribution in [3.63, 3.8) is 0 Å². The van der Waals surface area contributed by atoms with E-state index in [1.54, 1.807) is 13.8 Å². The second-order valence-corrected chi connectivity index (χ2v) is 6.13. The molecule has 21 heavy (non-hydrogen) atoms. The minimum absolute atomic E-state index is 0.141. The molecule has 0 amide bonds. The number of ether oxygens (including phenoxy) is 1. The monoisotopic (exact) mass is 376 g/mol. The fourth-order valence-electron chi connectivity index (χ4n) is 1.61. The highest BCUT2D eigenvalue weighted by atomic mass is 79.9. The molecule has 0 spiro atoms. The van der Waals surface area contributed by atoms with Crippen molar-refractivity contribution in [3.05, 3.63) is 38.8 Å². The van der Waals surface area contributed by atoms with Crippen LogP contribution in [0.1, 0.15) is 22.3 Å². The number of nitrogens with one attached hydrogen (secondary N) is 1. The van der Waals surface area contributed by atoms with E-state index in [4.69, 9.17) is 4.74 Å². The molecule has 0 aliphatic heterocycles. The van der Waals surface area contributed by atoms with Gasteiger partial charge in [0.1, 0.15) is 5.69 Å². The first-order chi connectivity index (χ1) is 9.92. The van der Waals surface area contributed by atoms with Gasteiger partial charge in [0.05, 0.1) is 6.61 Å². The van der Waals surface area contributed by atoms with Gasteiger partial charge in [-0.2, -0.15) is 0 Å². The van der Waals surface area contributed by atoms with Crippen LogP contribution >= 0.6 is 27.3 Å². The van der Waals surface area contributed by atoms with E-state index in [0.717, 1.165) is 23.5 Å². The molecule has 2 rings (SSSR count). The summed E-state index contributed by atoms with van der Waals surface area (Å²) in [6.07, 6.45) is 0. The van der Waals surface area contributed by atoms with E-state index in [2.05, 4.69) is 26.2 Å². The predicted octanol–water partition coefficient (Wildman–Crippen LogP) is 4.41. The van der Waals surface area contributed by atoms with Gasteiger partial charge in [0, 0.05) is 9.35 Å². The minimum Gasteiger partial charge on any atom is -0.461 e. The second-order valence-electron chi connectivity index (χ2n) is 4.01. The number of aryl methyl sites for hydroxylation is 1. The summed E-state index contributed by atoms with van der Waals surface area (Å²) in [7, 11) is 0. The van der Waals surface area contributed by atoms with Gasteiger partial charge < -0.3 is 10.1 Å². The quantitative estimate of drug-likeness (QED) is 0.802. The van der Waals surface area contributed by atoms with Crippen molar-refractivity contribution in [2.75, 3.05) is 11.9 Å². The number of benzene rings is 1. The lowest BCUT2D eigenvalue weighted by Crippen LogP contribution is -2.06. The van der Waals surface area contributed by atoms with Crippen LogP contribution in [0.25, 0.3) is 0 Å². The van der Waals surface area contributed by atoms with Gasteiger partial charge in [-0.05, 0) is 26.0 Å². The molecule has 0 unspecified atom stereocenters. The van der Waals surface area contributed by atoms with Crippen LogP contribution in [-0.2, 0) is 4.74 Å². The van der Waals surface area contributed by atoms with Crippen molar-refractivity contribution in [3.8, 4) is 0 Å². The topological polar surface area (TPSA) is 51.2 Å². The first-order valence-corrected chi connectivity index (χ1v) is 7.59. The number of thiazole rings is 1. The van der Waals surface area contributed by atoms with Crippen LogP contribution in [0.2, 0.25) is 0 Å². The zero-order valence-electron chi connectivity index (χ0n) is 11.2. The molecular weight excluding hydrogens is 366 g/mol. The Labute approximate surface area is 132 Å². The Bertz CT molecular complexity index is 668. The SMILES string of the molecule is CCOC(=O)c1nc(Nc2c(F)cc(Br)cc2F)sc1C. The van der Waals surface area contributed by atoms with Crippen LogP contribution in [0.15, 0.2) is 16.6 Å². The number of nitrogens with zero attached hydrogens (tertiary/aromatic N) is 1. The van der Waals surface area contributed by atoms with Crippen LogP contribution in [0.5, 0.6) is 0 Å². The van der Waals surface area contributed by atoms with Crippen molar-refractivity contribution in [1.29, 1.82) is 0 Å². The van der Waals surface area contributed by atoms with E-state index in [0.29, 0.717) is 9.35 Å². The molecule has 1 aromatic carbocycles. The van der Waals surface area contributed by atoms with Crippen LogP contribution in [0, 0.1) is 18.6 Å². The van der Waals surface area contributed by atoms with Crippen LogP contribution < -0.4 is 5.32 Å². The minimum atomic E-state index is -0.757. The Kier molecular flexibility index (Phi) is 4.89. The average Bonchev–Trinajstić information content (AvgIpc) is 2.75. The number of esters is 1. The lowest BCUT2D eigenvalue weighted by Gasteiger charge is -2.06.